The summed E-state index contributed by atoms with van der Waals surface area (Å²) in [6.45, 7) is -3.22. The number of nitrogens with zero attached hydrogens (tertiary/aromatic N) is 5. The first kappa shape index (κ1) is 23.7. The zero-order chi connectivity index (χ0) is 25.9. The van der Waals surface area contributed by atoms with Crippen LogP contribution in [0.5, 0.6) is 5.75 Å². The minimum atomic E-state index is -3.62. The summed E-state index contributed by atoms with van der Waals surface area (Å²) < 4.78 is 47.2. The van der Waals surface area contributed by atoms with E-state index >= 15 is 0 Å². The van der Waals surface area contributed by atoms with Crippen LogP contribution >= 0.6 is 0 Å². The number of ether oxygens (including phenoxy) is 1. The molecule has 188 valence electrons. The van der Waals surface area contributed by atoms with Crippen molar-refractivity contribution in [1.82, 2.24) is 19.5 Å². The molecule has 0 radical (unpaired) electrons. The third kappa shape index (κ3) is 3.49. The number of carbonyl (C=O) groups is 1. The maximum Gasteiger partial charge on any atom is 0.387 e. The molecule has 2 atom stereocenters. The van der Waals surface area contributed by atoms with Crippen molar-refractivity contribution in [3.05, 3.63) is 64.5 Å². The van der Waals surface area contributed by atoms with Gasteiger partial charge in [0.1, 0.15) is 11.4 Å². The Bertz CT molecular complexity index is 1450. The summed E-state index contributed by atoms with van der Waals surface area (Å²) in [4.78, 5) is 21.9. The minimum Gasteiger partial charge on any atom is -0.434 e. The number of allylic oxidation sites excluding steroid dienone is 1. The summed E-state index contributed by atoms with van der Waals surface area (Å²) in [5.41, 5.74) is 5.90. The zero-order valence-electron chi connectivity index (χ0n) is 18.5. The first-order valence-electron chi connectivity index (χ1n) is 10.6. The van der Waals surface area contributed by atoms with Crippen LogP contribution in [0.3, 0.4) is 0 Å². The molecular weight excluding hydrogens is 485 g/mol. The van der Waals surface area contributed by atoms with E-state index in [4.69, 9.17) is 5.73 Å². The third-order valence-electron chi connectivity index (χ3n) is 6.19. The molecule has 1 aliphatic carbocycles. The van der Waals surface area contributed by atoms with Crippen LogP contribution in [0.25, 0.3) is 11.2 Å². The highest BCUT2D eigenvalue weighted by Crippen LogP contribution is 2.54. The number of aliphatic hydroxyl groups is 3. The second kappa shape index (κ2) is 8.29. The molecule has 11 nitrogen and oxygen atoms in total. The molecule has 36 heavy (non-hydrogen) atoms. The highest BCUT2D eigenvalue weighted by Gasteiger charge is 2.53. The van der Waals surface area contributed by atoms with Crippen molar-refractivity contribution in [3.63, 3.8) is 0 Å². The van der Waals surface area contributed by atoms with Gasteiger partial charge in [0.25, 0.3) is 5.91 Å². The number of aromatic nitrogens is 3. The molecule has 14 heteroatoms. The summed E-state index contributed by atoms with van der Waals surface area (Å²) in [7, 11) is 1.46. The molecule has 3 heterocycles. The average molecular weight is 504 g/mol. The number of aliphatic imine (C=N–C) groups is 1. The molecule has 2 unspecified atom stereocenters. The molecule has 1 aromatic carbocycles. The van der Waals surface area contributed by atoms with E-state index < -0.39 is 36.4 Å². The van der Waals surface area contributed by atoms with Crippen molar-refractivity contribution in [2.45, 2.75) is 31.1 Å². The molecular formula is C22H19F3N6O5. The zero-order valence-corrected chi connectivity index (χ0v) is 18.5. The van der Waals surface area contributed by atoms with Gasteiger partial charge in [-0.1, -0.05) is 6.07 Å². The predicted molar refractivity (Wildman–Crippen MR) is 117 cm³/mol. The molecule has 3 aromatic rings. The van der Waals surface area contributed by atoms with Crippen LogP contribution in [-0.4, -0.2) is 66.7 Å². The van der Waals surface area contributed by atoms with Gasteiger partial charge in [0, 0.05) is 47.6 Å². The fourth-order valence-electron chi connectivity index (χ4n) is 4.94. The van der Waals surface area contributed by atoms with Crippen molar-refractivity contribution >= 4 is 23.3 Å². The van der Waals surface area contributed by atoms with Crippen molar-refractivity contribution in [2.75, 3.05) is 7.05 Å². The normalized spacial score (nSPS) is 19.8. The molecule has 5 N–H and O–H groups in total. The third-order valence-corrected chi connectivity index (χ3v) is 6.19. The Morgan fingerprint density at radius 1 is 1.33 bits per heavy atom. The predicted octanol–water partition coefficient (Wildman–Crippen LogP) is 1.09. The van der Waals surface area contributed by atoms with Crippen LogP contribution < -0.4 is 10.5 Å². The van der Waals surface area contributed by atoms with E-state index in [0.717, 1.165) is 16.9 Å². The molecule has 2 aromatic heterocycles. The van der Waals surface area contributed by atoms with Gasteiger partial charge in [-0.3, -0.25) is 14.7 Å². The van der Waals surface area contributed by atoms with E-state index in [1.807, 2.05) is 0 Å². The first-order valence-corrected chi connectivity index (χ1v) is 10.6. The highest BCUT2D eigenvalue weighted by atomic mass is 19.3. The Hall–Kier alpha value is -4.01. The number of nitrogens with two attached hydrogens (primary N) is 1. The van der Waals surface area contributed by atoms with E-state index in [0.29, 0.717) is 10.5 Å². The molecule has 0 spiro atoms. The van der Waals surface area contributed by atoms with E-state index in [-0.39, 0.29) is 45.9 Å². The minimum absolute atomic E-state index is 0.0191. The number of alkyl halides is 2. The number of hydrogen-bond donors (Lipinski definition) is 4. The molecule has 0 fully saturated rings. The van der Waals surface area contributed by atoms with Gasteiger partial charge in [-0.25, -0.2) is 13.9 Å². The lowest BCUT2D eigenvalue weighted by atomic mass is 9.89. The quantitative estimate of drug-likeness (QED) is 0.297. The Kier molecular flexibility index (Phi) is 5.46. The van der Waals surface area contributed by atoms with Crippen molar-refractivity contribution in [2.24, 2.45) is 10.7 Å². The topological polar surface area (TPSA) is 159 Å². The smallest absolute Gasteiger partial charge is 0.387 e. The molecule has 1 amide bonds. The Labute approximate surface area is 200 Å². The molecule has 0 saturated carbocycles. The van der Waals surface area contributed by atoms with E-state index in [1.54, 1.807) is 0 Å². The van der Waals surface area contributed by atoms with Crippen LogP contribution in [0.4, 0.5) is 13.2 Å². The molecule has 0 saturated heterocycles. The van der Waals surface area contributed by atoms with Crippen molar-refractivity contribution < 1.29 is 38.0 Å². The fraction of sp³-hybridized carbons (Fsp3) is 0.273. The number of halogens is 3. The lowest BCUT2D eigenvalue weighted by Gasteiger charge is -2.34. The van der Waals surface area contributed by atoms with Crippen molar-refractivity contribution in [3.8, 4) is 5.75 Å². The number of carbonyl (C=O) groups excluding carboxylic acids is 1. The SMILES string of the molecule is CN=CC(=CN)c1nc2c3c(nn2cc1F)C1CC3c2c(OC(F)F)cccc2C(=O)N1C(O)(O)O. The number of rotatable bonds is 5. The highest BCUT2D eigenvalue weighted by molar-refractivity contribution is 6.09. The maximum absolute atomic E-state index is 14.9. The molecule has 2 bridgehead atoms. The number of amides is 1. The van der Waals surface area contributed by atoms with Crippen LogP contribution in [0, 0.1) is 5.82 Å². The summed E-state index contributed by atoms with van der Waals surface area (Å²) >= 11 is 0. The van der Waals surface area contributed by atoms with Gasteiger partial charge in [0.05, 0.1) is 17.9 Å². The maximum atomic E-state index is 14.9. The second-order valence-corrected chi connectivity index (χ2v) is 8.19. The number of benzene rings is 1. The van der Waals surface area contributed by atoms with Crippen molar-refractivity contribution in [1.29, 1.82) is 0 Å². The van der Waals surface area contributed by atoms with Crippen LogP contribution in [0.2, 0.25) is 0 Å². The largest absolute Gasteiger partial charge is 0.434 e. The van der Waals surface area contributed by atoms with Gasteiger partial charge in [-0.15, -0.1) is 0 Å². The second-order valence-electron chi connectivity index (χ2n) is 8.19. The van der Waals surface area contributed by atoms with Gasteiger partial charge in [0.2, 0.25) is 0 Å². The standard InChI is InChI=1S/C22H19F3N6O5/c1-27-7-9(6-26)17-12(23)8-30-19(28-17)16-11-5-13(18(16)29-30)31(22(33,34)35)20(32)10-3-2-4-14(15(10)11)36-21(24)25/h2-4,6-8,11,13,21,33-35H,5,26H2,1H3. The molecule has 5 rings (SSSR count). The van der Waals surface area contributed by atoms with E-state index in [2.05, 4.69) is 19.8 Å². The Morgan fingerprint density at radius 3 is 2.72 bits per heavy atom. The molecule has 1 aliphatic heterocycles. The Morgan fingerprint density at radius 2 is 2.08 bits per heavy atom. The summed E-state index contributed by atoms with van der Waals surface area (Å²) in [5.74, 6) is -3.05. The summed E-state index contributed by atoms with van der Waals surface area (Å²) in [6.07, 6.45) is -0.291. The number of hydrogen-bond acceptors (Lipinski definition) is 9. The first-order chi connectivity index (χ1) is 17.1. The van der Waals surface area contributed by atoms with Gasteiger partial charge < -0.3 is 25.8 Å². The van der Waals surface area contributed by atoms with Crippen LogP contribution in [-0.2, 0) is 0 Å². The van der Waals surface area contributed by atoms with Crippen LogP contribution in [0.1, 0.15) is 51.3 Å². The fourth-order valence-corrected chi connectivity index (χ4v) is 4.94. The summed E-state index contributed by atoms with van der Waals surface area (Å²) in [6, 6.07) is 2.58. The van der Waals surface area contributed by atoms with Gasteiger partial charge >= 0.3 is 12.7 Å². The van der Waals surface area contributed by atoms with Gasteiger partial charge in [-0.2, -0.15) is 13.9 Å². The lowest BCUT2D eigenvalue weighted by Crippen LogP contribution is -2.53. The number of fused-ring (bicyclic) bond motifs is 9. The van der Waals surface area contributed by atoms with Gasteiger partial charge in [0.15, 0.2) is 11.5 Å². The average Bonchev–Trinajstić information content (AvgIpc) is 3.28. The lowest BCUT2D eigenvalue weighted by molar-refractivity contribution is -0.385. The Balaban J connectivity index is 1.83. The molecule has 2 aliphatic rings. The summed E-state index contributed by atoms with van der Waals surface area (Å²) in [5, 5.41) is 34.5. The van der Waals surface area contributed by atoms with E-state index in [9.17, 15) is 33.3 Å². The van der Waals surface area contributed by atoms with Crippen LogP contribution in [0.15, 0.2) is 35.6 Å². The monoisotopic (exact) mass is 504 g/mol. The van der Waals surface area contributed by atoms with Gasteiger partial charge in [-0.05, 0) is 18.6 Å². The van der Waals surface area contributed by atoms with E-state index in [1.165, 1.54) is 31.5 Å².